The van der Waals surface area contributed by atoms with Gasteiger partial charge in [-0.1, -0.05) is 12.1 Å². The molecule has 2 aromatic carbocycles. The lowest BCUT2D eigenvalue weighted by molar-refractivity contribution is -0.134. The summed E-state index contributed by atoms with van der Waals surface area (Å²) in [6.45, 7) is 3.45. The summed E-state index contributed by atoms with van der Waals surface area (Å²) >= 11 is 0. The topological polar surface area (TPSA) is 69.7 Å². The Labute approximate surface area is 174 Å². The molecule has 2 fully saturated rings. The molecule has 1 saturated heterocycles. The van der Waals surface area contributed by atoms with Gasteiger partial charge in [-0.25, -0.2) is 4.39 Å². The van der Waals surface area contributed by atoms with Crippen LogP contribution in [0.25, 0.3) is 0 Å². The molecule has 1 saturated carbocycles. The molecule has 0 bridgehead atoms. The predicted molar refractivity (Wildman–Crippen MR) is 110 cm³/mol. The first-order chi connectivity index (χ1) is 14.4. The molecule has 2 aromatic rings. The Balaban J connectivity index is 1.29. The Kier molecular flexibility index (Phi) is 5.53. The fourth-order valence-corrected chi connectivity index (χ4v) is 3.99. The largest absolute Gasteiger partial charge is 0.339 e. The van der Waals surface area contributed by atoms with E-state index in [-0.39, 0.29) is 35.4 Å². The monoisotopic (exact) mass is 409 g/mol. The van der Waals surface area contributed by atoms with E-state index in [1.807, 2.05) is 4.90 Å². The lowest BCUT2D eigenvalue weighted by Gasteiger charge is -2.35. The molecule has 2 atom stereocenters. The molecule has 2 aliphatic rings. The Morgan fingerprint density at radius 3 is 2.10 bits per heavy atom. The Morgan fingerprint density at radius 1 is 0.900 bits per heavy atom. The van der Waals surface area contributed by atoms with Gasteiger partial charge >= 0.3 is 0 Å². The summed E-state index contributed by atoms with van der Waals surface area (Å²) in [6.07, 6.45) is 0.796. The van der Waals surface area contributed by atoms with Crippen molar-refractivity contribution in [3.8, 4) is 0 Å². The normalized spacial score (nSPS) is 20.6. The van der Waals surface area contributed by atoms with E-state index in [1.54, 1.807) is 41.3 Å². The number of nitrogens with one attached hydrogen (secondary N) is 1. The van der Waals surface area contributed by atoms with Crippen molar-refractivity contribution in [3.05, 3.63) is 65.5 Å². The van der Waals surface area contributed by atoms with Gasteiger partial charge in [0.05, 0.1) is 0 Å². The summed E-state index contributed by atoms with van der Waals surface area (Å²) in [4.78, 5) is 40.2. The third-order valence-corrected chi connectivity index (χ3v) is 5.74. The third-order valence-electron chi connectivity index (χ3n) is 5.74. The van der Waals surface area contributed by atoms with Crippen molar-refractivity contribution in [1.82, 2.24) is 9.80 Å². The fourth-order valence-electron chi connectivity index (χ4n) is 3.99. The fraction of sp³-hybridized carbons (Fsp3) is 0.348. The van der Waals surface area contributed by atoms with Crippen molar-refractivity contribution < 1.29 is 18.8 Å². The van der Waals surface area contributed by atoms with Gasteiger partial charge in [-0.3, -0.25) is 14.4 Å². The van der Waals surface area contributed by atoms with Crippen LogP contribution in [0.2, 0.25) is 0 Å². The summed E-state index contributed by atoms with van der Waals surface area (Å²) in [7, 11) is 0. The number of amides is 3. The minimum atomic E-state index is -0.271. The van der Waals surface area contributed by atoms with Crippen molar-refractivity contribution in [2.75, 3.05) is 31.5 Å². The average Bonchev–Trinajstić information content (AvgIpc) is 3.54. The molecule has 3 amide bonds. The quantitative estimate of drug-likeness (QED) is 0.844. The van der Waals surface area contributed by atoms with Crippen molar-refractivity contribution >= 4 is 23.4 Å². The Bertz CT molecular complexity index is 951. The molecule has 0 aromatic heterocycles. The second kappa shape index (κ2) is 8.26. The van der Waals surface area contributed by atoms with Crippen molar-refractivity contribution in [2.24, 2.45) is 5.92 Å². The van der Waals surface area contributed by atoms with E-state index in [0.29, 0.717) is 37.4 Å². The Hall–Kier alpha value is -3.22. The van der Waals surface area contributed by atoms with Crippen LogP contribution < -0.4 is 5.32 Å². The van der Waals surface area contributed by atoms with Crippen LogP contribution in [0.5, 0.6) is 0 Å². The summed E-state index contributed by atoms with van der Waals surface area (Å²) in [6, 6.07) is 13.2. The number of anilines is 1. The van der Waals surface area contributed by atoms with E-state index >= 15 is 0 Å². The molecule has 0 radical (unpaired) electrons. The number of carbonyl (C=O) groups excluding carboxylic acids is 3. The van der Waals surface area contributed by atoms with Gasteiger partial charge in [-0.15, -0.1) is 0 Å². The Morgan fingerprint density at radius 2 is 1.50 bits per heavy atom. The molecule has 30 heavy (non-hydrogen) atoms. The number of halogens is 1. The van der Waals surface area contributed by atoms with E-state index in [0.717, 1.165) is 12.0 Å². The van der Waals surface area contributed by atoms with E-state index in [9.17, 15) is 18.8 Å². The average molecular weight is 409 g/mol. The van der Waals surface area contributed by atoms with Gasteiger partial charge in [0.25, 0.3) is 5.91 Å². The van der Waals surface area contributed by atoms with Gasteiger partial charge in [0.2, 0.25) is 11.8 Å². The molecule has 7 heteroatoms. The van der Waals surface area contributed by atoms with Crippen molar-refractivity contribution in [2.45, 2.75) is 19.3 Å². The lowest BCUT2D eigenvalue weighted by Crippen LogP contribution is -2.51. The van der Waals surface area contributed by atoms with E-state index in [2.05, 4.69) is 5.32 Å². The van der Waals surface area contributed by atoms with Gasteiger partial charge in [-0.2, -0.15) is 0 Å². The molecule has 1 heterocycles. The molecule has 0 spiro atoms. The molecule has 2 unspecified atom stereocenters. The predicted octanol–water partition coefficient (Wildman–Crippen LogP) is 2.87. The van der Waals surface area contributed by atoms with Crippen LogP contribution >= 0.6 is 0 Å². The smallest absolute Gasteiger partial charge is 0.253 e. The maximum atomic E-state index is 13.1. The maximum absolute atomic E-state index is 13.1. The first kappa shape index (κ1) is 20.1. The number of carbonyl (C=O) groups is 3. The zero-order chi connectivity index (χ0) is 21.3. The van der Waals surface area contributed by atoms with Gasteiger partial charge in [0.15, 0.2) is 0 Å². The van der Waals surface area contributed by atoms with Crippen molar-refractivity contribution in [3.63, 3.8) is 0 Å². The summed E-state index contributed by atoms with van der Waals surface area (Å²) in [5.41, 5.74) is 2.21. The highest BCUT2D eigenvalue weighted by atomic mass is 19.1. The van der Waals surface area contributed by atoms with E-state index in [1.165, 1.54) is 19.1 Å². The van der Waals surface area contributed by atoms with Crippen LogP contribution in [0.4, 0.5) is 10.1 Å². The maximum Gasteiger partial charge on any atom is 0.253 e. The number of hydrogen-bond acceptors (Lipinski definition) is 3. The summed E-state index contributed by atoms with van der Waals surface area (Å²) in [5, 5.41) is 2.68. The molecule has 4 rings (SSSR count). The highest BCUT2D eigenvalue weighted by Crippen LogP contribution is 2.48. The van der Waals surface area contributed by atoms with Gasteiger partial charge in [0, 0.05) is 50.3 Å². The van der Waals surface area contributed by atoms with E-state index < -0.39 is 0 Å². The first-order valence-corrected chi connectivity index (χ1v) is 10.1. The molecule has 1 aliphatic carbocycles. The highest BCUT2D eigenvalue weighted by molar-refractivity contribution is 5.95. The second-order valence-corrected chi connectivity index (χ2v) is 7.88. The lowest BCUT2D eigenvalue weighted by atomic mass is 10.1. The SMILES string of the molecule is CC(=O)Nc1ccc(C(=O)N2CCN(C(=O)C3CC3c3ccc(F)cc3)CC2)cc1. The van der Waals surface area contributed by atoms with Crippen LogP contribution in [0.15, 0.2) is 48.5 Å². The number of nitrogens with zero attached hydrogens (tertiary/aromatic N) is 2. The van der Waals surface area contributed by atoms with Crippen LogP contribution in [0.3, 0.4) is 0 Å². The number of hydrogen-bond donors (Lipinski definition) is 1. The summed E-state index contributed by atoms with van der Waals surface area (Å²) < 4.78 is 13.1. The van der Waals surface area contributed by atoms with Crippen LogP contribution in [0.1, 0.15) is 35.2 Å². The zero-order valence-corrected chi connectivity index (χ0v) is 16.8. The second-order valence-electron chi connectivity index (χ2n) is 7.88. The number of rotatable bonds is 4. The van der Waals surface area contributed by atoms with Crippen molar-refractivity contribution in [1.29, 1.82) is 0 Å². The molecule has 1 aliphatic heterocycles. The van der Waals surface area contributed by atoms with E-state index in [4.69, 9.17) is 0 Å². The van der Waals surface area contributed by atoms with Gasteiger partial charge in [0.1, 0.15) is 5.82 Å². The molecular formula is C23H24FN3O3. The molecule has 6 nitrogen and oxygen atoms in total. The van der Waals surface area contributed by atoms with Crippen LogP contribution in [-0.2, 0) is 9.59 Å². The minimum absolute atomic E-state index is 0.0426. The third kappa shape index (κ3) is 4.35. The number of benzene rings is 2. The first-order valence-electron chi connectivity index (χ1n) is 10.1. The van der Waals surface area contributed by atoms with Crippen LogP contribution in [0, 0.1) is 11.7 Å². The number of piperazine rings is 1. The minimum Gasteiger partial charge on any atom is -0.339 e. The van der Waals surface area contributed by atoms with Gasteiger partial charge < -0.3 is 15.1 Å². The highest BCUT2D eigenvalue weighted by Gasteiger charge is 2.46. The molecular weight excluding hydrogens is 385 g/mol. The molecule has 156 valence electrons. The zero-order valence-electron chi connectivity index (χ0n) is 16.8. The molecule has 1 N–H and O–H groups in total. The summed E-state index contributed by atoms with van der Waals surface area (Å²) in [5.74, 6) is -0.262. The van der Waals surface area contributed by atoms with Crippen LogP contribution in [-0.4, -0.2) is 53.7 Å². The van der Waals surface area contributed by atoms with Gasteiger partial charge in [-0.05, 0) is 54.3 Å². The standard InChI is InChI=1S/C23H24FN3O3/c1-15(28)25-19-8-4-17(5-9-19)22(29)26-10-12-27(13-11-26)23(30)21-14-20(21)16-2-6-18(24)7-3-16/h2-9,20-21H,10-14H2,1H3,(H,25,28).